The van der Waals surface area contributed by atoms with Gasteiger partial charge in [-0.3, -0.25) is 0 Å². The minimum absolute atomic E-state index is 0.175. The molecule has 108 valence electrons. The van der Waals surface area contributed by atoms with Crippen LogP contribution in [0.2, 0.25) is 0 Å². The molecule has 0 bridgehead atoms. The highest BCUT2D eigenvalue weighted by Gasteiger charge is 2.30. The lowest BCUT2D eigenvalue weighted by atomic mass is 9.92. The normalized spacial score (nSPS) is 21.4. The molecule has 1 rings (SSSR count). The highest BCUT2D eigenvalue weighted by Crippen LogP contribution is 2.23. The molecule has 0 aliphatic carbocycles. The second-order valence-electron chi connectivity index (χ2n) is 5.56. The van der Waals surface area contributed by atoms with Gasteiger partial charge in [0.1, 0.15) is 0 Å². The van der Waals surface area contributed by atoms with Gasteiger partial charge >= 0.3 is 0 Å². The van der Waals surface area contributed by atoms with E-state index in [1.54, 1.807) is 4.31 Å². The zero-order valence-corrected chi connectivity index (χ0v) is 12.7. The fourth-order valence-electron chi connectivity index (χ4n) is 2.61. The lowest BCUT2D eigenvalue weighted by molar-refractivity contribution is 0.249. The Balaban J connectivity index is 2.55. The summed E-state index contributed by atoms with van der Waals surface area (Å²) < 4.78 is 26.2. The van der Waals surface area contributed by atoms with Crippen molar-refractivity contribution in [3.05, 3.63) is 0 Å². The van der Waals surface area contributed by atoms with Gasteiger partial charge in [-0.2, -0.15) is 0 Å². The zero-order valence-electron chi connectivity index (χ0n) is 11.9. The standard InChI is InChI=1S/C13H28N2O2S/c1-4-12(5-2)10-18(16,17)15-8-6-13(7-9-15)11(3)14/h11-13H,4-10,14H2,1-3H3. The number of sulfonamides is 1. The Morgan fingerprint density at radius 3 is 2.11 bits per heavy atom. The number of nitrogens with two attached hydrogens (primary N) is 1. The summed E-state index contributed by atoms with van der Waals surface area (Å²) in [5.41, 5.74) is 5.88. The maximum absolute atomic E-state index is 12.3. The Morgan fingerprint density at radius 1 is 1.22 bits per heavy atom. The molecule has 0 spiro atoms. The zero-order chi connectivity index (χ0) is 13.8. The third-order valence-electron chi connectivity index (χ3n) is 4.24. The smallest absolute Gasteiger partial charge is 0.214 e. The van der Waals surface area contributed by atoms with Gasteiger partial charge in [-0.05, 0) is 31.6 Å². The quantitative estimate of drug-likeness (QED) is 0.805. The van der Waals surface area contributed by atoms with Crippen molar-refractivity contribution in [3.63, 3.8) is 0 Å². The van der Waals surface area contributed by atoms with Crippen molar-refractivity contribution in [1.82, 2.24) is 4.31 Å². The van der Waals surface area contributed by atoms with E-state index in [9.17, 15) is 8.42 Å². The molecule has 1 atom stereocenters. The van der Waals surface area contributed by atoms with Crippen LogP contribution >= 0.6 is 0 Å². The van der Waals surface area contributed by atoms with Crippen LogP contribution in [0.5, 0.6) is 0 Å². The molecule has 1 fully saturated rings. The lowest BCUT2D eigenvalue weighted by Gasteiger charge is -2.33. The molecular weight excluding hydrogens is 248 g/mol. The van der Waals surface area contributed by atoms with Crippen LogP contribution in [0, 0.1) is 11.8 Å². The average Bonchev–Trinajstić information content (AvgIpc) is 2.36. The van der Waals surface area contributed by atoms with Crippen LogP contribution in [0.15, 0.2) is 0 Å². The number of nitrogens with zero attached hydrogens (tertiary/aromatic N) is 1. The lowest BCUT2D eigenvalue weighted by Crippen LogP contribution is -2.44. The van der Waals surface area contributed by atoms with Gasteiger partial charge in [-0.15, -0.1) is 0 Å². The van der Waals surface area contributed by atoms with E-state index in [-0.39, 0.29) is 6.04 Å². The summed E-state index contributed by atoms with van der Waals surface area (Å²) in [7, 11) is -3.06. The maximum atomic E-state index is 12.3. The molecule has 0 aromatic rings. The van der Waals surface area contributed by atoms with E-state index in [0.29, 0.717) is 30.7 Å². The first-order valence-electron chi connectivity index (χ1n) is 7.14. The molecule has 1 saturated heterocycles. The van der Waals surface area contributed by atoms with Crippen LogP contribution in [-0.4, -0.2) is 37.6 Å². The van der Waals surface area contributed by atoms with Gasteiger partial charge in [0, 0.05) is 19.1 Å². The summed E-state index contributed by atoms with van der Waals surface area (Å²) in [5, 5.41) is 0. The van der Waals surface area contributed by atoms with Gasteiger partial charge in [0.25, 0.3) is 0 Å². The number of piperidine rings is 1. The largest absolute Gasteiger partial charge is 0.328 e. The van der Waals surface area contributed by atoms with Gasteiger partial charge in [-0.1, -0.05) is 26.7 Å². The van der Waals surface area contributed by atoms with E-state index in [1.165, 1.54) is 0 Å². The van der Waals surface area contributed by atoms with Crippen molar-refractivity contribution in [1.29, 1.82) is 0 Å². The van der Waals surface area contributed by atoms with Crippen molar-refractivity contribution in [2.75, 3.05) is 18.8 Å². The third kappa shape index (κ3) is 4.21. The van der Waals surface area contributed by atoms with Crippen LogP contribution in [0.25, 0.3) is 0 Å². The fourth-order valence-corrected chi connectivity index (χ4v) is 4.65. The first kappa shape index (κ1) is 15.9. The van der Waals surface area contributed by atoms with E-state index in [4.69, 9.17) is 5.73 Å². The molecule has 0 radical (unpaired) electrons. The molecule has 0 aromatic carbocycles. The SMILES string of the molecule is CCC(CC)CS(=O)(=O)N1CCC(C(C)N)CC1. The molecule has 1 aliphatic rings. The summed E-state index contributed by atoms with van der Waals surface area (Å²) in [4.78, 5) is 0. The first-order chi connectivity index (χ1) is 8.40. The third-order valence-corrected chi connectivity index (χ3v) is 6.28. The molecule has 0 saturated carbocycles. The summed E-state index contributed by atoms with van der Waals surface area (Å²) in [6.45, 7) is 7.43. The summed E-state index contributed by atoms with van der Waals surface area (Å²) >= 11 is 0. The van der Waals surface area contributed by atoms with Crippen molar-refractivity contribution >= 4 is 10.0 Å². The average molecular weight is 276 g/mol. The Bertz CT molecular complexity index is 329. The predicted octanol–water partition coefficient (Wildman–Crippen LogP) is 1.81. The monoisotopic (exact) mass is 276 g/mol. The molecule has 2 N–H and O–H groups in total. The highest BCUT2D eigenvalue weighted by molar-refractivity contribution is 7.89. The van der Waals surface area contributed by atoms with Crippen LogP contribution in [0.4, 0.5) is 0 Å². The van der Waals surface area contributed by atoms with Gasteiger partial charge in [0.05, 0.1) is 5.75 Å². The second-order valence-corrected chi connectivity index (χ2v) is 7.57. The number of hydrogen-bond acceptors (Lipinski definition) is 3. The Morgan fingerprint density at radius 2 is 1.72 bits per heavy atom. The fraction of sp³-hybridized carbons (Fsp3) is 1.00. The van der Waals surface area contributed by atoms with Crippen molar-refractivity contribution in [2.24, 2.45) is 17.6 Å². The van der Waals surface area contributed by atoms with Crippen LogP contribution in [0.1, 0.15) is 46.5 Å². The van der Waals surface area contributed by atoms with Crippen molar-refractivity contribution in [3.8, 4) is 0 Å². The van der Waals surface area contributed by atoms with Gasteiger partial charge in [0.2, 0.25) is 10.0 Å². The van der Waals surface area contributed by atoms with Crippen molar-refractivity contribution < 1.29 is 8.42 Å². The van der Waals surface area contributed by atoms with Gasteiger partial charge < -0.3 is 5.73 Å². The molecule has 0 amide bonds. The topological polar surface area (TPSA) is 63.4 Å². The van der Waals surface area contributed by atoms with E-state index >= 15 is 0 Å². The Hall–Kier alpha value is -0.130. The minimum atomic E-state index is -3.06. The Labute approximate surface area is 112 Å². The first-order valence-corrected chi connectivity index (χ1v) is 8.75. The molecular formula is C13H28N2O2S. The highest BCUT2D eigenvalue weighted by atomic mass is 32.2. The molecule has 5 heteroatoms. The molecule has 1 unspecified atom stereocenters. The van der Waals surface area contributed by atoms with Gasteiger partial charge in [0.15, 0.2) is 0 Å². The molecule has 1 aliphatic heterocycles. The molecule has 0 aromatic heterocycles. The number of hydrogen-bond donors (Lipinski definition) is 1. The minimum Gasteiger partial charge on any atom is -0.328 e. The summed E-state index contributed by atoms with van der Waals surface area (Å²) in [6.07, 6.45) is 3.68. The summed E-state index contributed by atoms with van der Waals surface area (Å²) in [6, 6.07) is 0.175. The maximum Gasteiger partial charge on any atom is 0.214 e. The summed E-state index contributed by atoms with van der Waals surface area (Å²) in [5.74, 6) is 1.08. The second kappa shape index (κ2) is 6.87. The van der Waals surface area contributed by atoms with Crippen LogP contribution in [-0.2, 0) is 10.0 Å². The molecule has 18 heavy (non-hydrogen) atoms. The van der Waals surface area contributed by atoms with Crippen LogP contribution in [0.3, 0.4) is 0 Å². The van der Waals surface area contributed by atoms with Gasteiger partial charge in [-0.25, -0.2) is 12.7 Å². The van der Waals surface area contributed by atoms with E-state index in [2.05, 4.69) is 13.8 Å². The molecule has 4 nitrogen and oxygen atoms in total. The van der Waals surface area contributed by atoms with E-state index in [0.717, 1.165) is 25.7 Å². The van der Waals surface area contributed by atoms with Crippen molar-refractivity contribution in [2.45, 2.75) is 52.5 Å². The Kier molecular flexibility index (Phi) is 6.08. The van der Waals surface area contributed by atoms with Crippen LogP contribution < -0.4 is 5.73 Å². The van der Waals surface area contributed by atoms with E-state index in [1.807, 2.05) is 6.92 Å². The van der Waals surface area contributed by atoms with E-state index < -0.39 is 10.0 Å². The predicted molar refractivity (Wildman–Crippen MR) is 75.8 cm³/mol. The number of rotatable bonds is 6. The molecule has 1 heterocycles.